The van der Waals surface area contributed by atoms with Crippen molar-refractivity contribution in [3.05, 3.63) is 23.5 Å². The molecule has 3 nitrogen and oxygen atoms in total. The third kappa shape index (κ3) is 4.69. The van der Waals surface area contributed by atoms with E-state index >= 15 is 0 Å². The van der Waals surface area contributed by atoms with Crippen LogP contribution in [0.3, 0.4) is 0 Å². The van der Waals surface area contributed by atoms with Crippen molar-refractivity contribution in [1.82, 2.24) is 4.57 Å². The van der Waals surface area contributed by atoms with E-state index in [0.717, 1.165) is 4.57 Å². The van der Waals surface area contributed by atoms with Crippen LogP contribution in [0.4, 0.5) is 26.3 Å². The summed E-state index contributed by atoms with van der Waals surface area (Å²) >= 11 is -0.390. The largest absolute Gasteiger partial charge is 0.478 e. The number of halogens is 6. The minimum Gasteiger partial charge on any atom is -0.478 e. The SMILES string of the molecule is O=C(O)c1cn(CCSC(F)(F)F)cc1C(F)(F)F. The van der Waals surface area contributed by atoms with Crippen LogP contribution in [0.15, 0.2) is 12.4 Å². The molecule has 0 fully saturated rings. The fourth-order valence-corrected chi connectivity index (χ4v) is 1.83. The molecule has 1 aromatic heterocycles. The number of carboxylic acids is 1. The molecule has 0 bridgehead atoms. The summed E-state index contributed by atoms with van der Waals surface area (Å²) in [4.78, 5) is 10.6. The molecule has 10 heteroatoms. The van der Waals surface area contributed by atoms with Gasteiger partial charge < -0.3 is 9.67 Å². The van der Waals surface area contributed by atoms with Crippen molar-refractivity contribution in [2.75, 3.05) is 5.75 Å². The van der Waals surface area contributed by atoms with Gasteiger partial charge in [0.1, 0.15) is 0 Å². The van der Waals surface area contributed by atoms with E-state index in [9.17, 15) is 31.1 Å². The highest BCUT2D eigenvalue weighted by atomic mass is 32.2. The number of carbonyl (C=O) groups is 1. The van der Waals surface area contributed by atoms with Gasteiger partial charge in [0.05, 0.1) is 11.1 Å². The van der Waals surface area contributed by atoms with Gasteiger partial charge in [-0.1, -0.05) is 0 Å². The molecule has 1 rings (SSSR count). The molecule has 1 aromatic rings. The van der Waals surface area contributed by atoms with E-state index in [2.05, 4.69) is 0 Å². The van der Waals surface area contributed by atoms with Crippen LogP contribution >= 0.6 is 11.8 Å². The average Bonchev–Trinajstić information content (AvgIpc) is 2.59. The van der Waals surface area contributed by atoms with E-state index in [0.29, 0.717) is 12.4 Å². The summed E-state index contributed by atoms with van der Waals surface area (Å²) in [7, 11) is 0. The number of hydrogen-bond donors (Lipinski definition) is 1. The van der Waals surface area contributed by atoms with Crippen LogP contribution in [0.2, 0.25) is 0 Å². The molecule has 0 amide bonds. The molecule has 0 aliphatic heterocycles. The van der Waals surface area contributed by atoms with Crippen LogP contribution in [0.25, 0.3) is 0 Å². The van der Waals surface area contributed by atoms with Crippen molar-refractivity contribution in [2.45, 2.75) is 18.2 Å². The number of alkyl halides is 6. The number of aryl methyl sites for hydroxylation is 1. The fraction of sp³-hybridized carbons (Fsp3) is 0.444. The van der Waals surface area contributed by atoms with Crippen LogP contribution in [0.1, 0.15) is 15.9 Å². The summed E-state index contributed by atoms with van der Waals surface area (Å²) in [6, 6.07) is 0. The van der Waals surface area contributed by atoms with Crippen LogP contribution in [0, 0.1) is 0 Å². The maximum Gasteiger partial charge on any atom is 0.441 e. The molecule has 0 radical (unpaired) electrons. The Morgan fingerprint density at radius 2 is 1.79 bits per heavy atom. The topological polar surface area (TPSA) is 42.2 Å². The van der Waals surface area contributed by atoms with Gasteiger partial charge in [-0.15, -0.1) is 0 Å². The standard InChI is InChI=1S/C9H7F6NO2S/c10-8(11,12)6-4-16(3-5(6)7(17)18)1-2-19-9(13,14)15/h3-4H,1-2H2,(H,17,18). The lowest BCUT2D eigenvalue weighted by atomic mass is 10.2. The summed E-state index contributed by atoms with van der Waals surface area (Å²) in [6.45, 7) is -0.374. The molecule has 0 spiro atoms. The highest BCUT2D eigenvalue weighted by Gasteiger charge is 2.37. The van der Waals surface area contributed by atoms with E-state index in [1.807, 2.05) is 0 Å². The number of hydrogen-bond acceptors (Lipinski definition) is 2. The molecule has 0 saturated carbocycles. The average molecular weight is 307 g/mol. The van der Waals surface area contributed by atoms with Crippen molar-refractivity contribution in [1.29, 1.82) is 0 Å². The van der Waals surface area contributed by atoms with Gasteiger partial charge in [-0.25, -0.2) is 4.79 Å². The Morgan fingerprint density at radius 3 is 2.16 bits per heavy atom. The number of aromatic nitrogens is 1. The number of carboxylic acid groups (broad SMARTS) is 1. The van der Waals surface area contributed by atoms with E-state index in [1.165, 1.54) is 0 Å². The first-order valence-corrected chi connectivity index (χ1v) is 5.70. The van der Waals surface area contributed by atoms with Gasteiger partial charge in [-0.05, 0) is 11.8 Å². The Morgan fingerprint density at radius 1 is 1.21 bits per heavy atom. The minimum atomic E-state index is -4.86. The molecule has 1 N–H and O–H groups in total. The lowest BCUT2D eigenvalue weighted by Crippen LogP contribution is -2.09. The Balaban J connectivity index is 2.85. The maximum absolute atomic E-state index is 12.5. The fourth-order valence-electron chi connectivity index (χ4n) is 1.30. The molecule has 108 valence electrons. The highest BCUT2D eigenvalue weighted by Crippen LogP contribution is 2.33. The summed E-state index contributed by atoms with van der Waals surface area (Å²) in [5, 5.41) is 8.60. The van der Waals surface area contributed by atoms with Crippen molar-refractivity contribution in [3.63, 3.8) is 0 Å². The quantitative estimate of drug-likeness (QED) is 0.866. The third-order valence-electron chi connectivity index (χ3n) is 2.03. The second kappa shape index (κ2) is 5.35. The Labute approximate surface area is 107 Å². The summed E-state index contributed by atoms with van der Waals surface area (Å²) in [5.74, 6) is -2.29. The van der Waals surface area contributed by atoms with E-state index < -0.39 is 46.3 Å². The first-order chi connectivity index (χ1) is 8.50. The van der Waals surface area contributed by atoms with Crippen molar-refractivity contribution in [3.8, 4) is 0 Å². The highest BCUT2D eigenvalue weighted by molar-refractivity contribution is 8.00. The van der Waals surface area contributed by atoms with E-state index in [1.54, 1.807) is 0 Å². The predicted octanol–water partition coefficient (Wildman–Crippen LogP) is 3.46. The third-order valence-corrected chi connectivity index (χ3v) is 2.75. The number of aromatic carboxylic acids is 1. The smallest absolute Gasteiger partial charge is 0.441 e. The molecule has 0 unspecified atom stereocenters. The summed E-state index contributed by atoms with van der Waals surface area (Å²) < 4.78 is 73.7. The van der Waals surface area contributed by atoms with Gasteiger partial charge in [-0.3, -0.25) is 0 Å². The minimum absolute atomic E-state index is 0.374. The molecule has 0 atom stereocenters. The molecule has 1 heterocycles. The van der Waals surface area contributed by atoms with Gasteiger partial charge in [0, 0.05) is 24.7 Å². The zero-order valence-corrected chi connectivity index (χ0v) is 9.86. The van der Waals surface area contributed by atoms with Gasteiger partial charge in [0.15, 0.2) is 0 Å². The van der Waals surface area contributed by atoms with Gasteiger partial charge in [0.25, 0.3) is 0 Å². The molecule has 0 aliphatic rings. The molecule has 0 saturated heterocycles. The van der Waals surface area contributed by atoms with Crippen LogP contribution in [-0.4, -0.2) is 26.9 Å². The second-order valence-corrected chi connectivity index (χ2v) is 4.58. The maximum atomic E-state index is 12.5. The molecular weight excluding hydrogens is 300 g/mol. The molecule has 0 aromatic carbocycles. The first kappa shape index (κ1) is 15.7. The Bertz CT molecular complexity index is 464. The van der Waals surface area contributed by atoms with Gasteiger partial charge in [0.2, 0.25) is 0 Å². The van der Waals surface area contributed by atoms with Crippen molar-refractivity contribution in [2.24, 2.45) is 0 Å². The number of thioether (sulfide) groups is 1. The molecule has 0 aliphatic carbocycles. The van der Waals surface area contributed by atoms with Crippen LogP contribution < -0.4 is 0 Å². The van der Waals surface area contributed by atoms with E-state index in [-0.39, 0.29) is 6.54 Å². The Kier molecular flexibility index (Phi) is 4.43. The lowest BCUT2D eigenvalue weighted by Gasteiger charge is -2.06. The van der Waals surface area contributed by atoms with Gasteiger partial charge in [-0.2, -0.15) is 26.3 Å². The normalized spacial score (nSPS) is 12.7. The van der Waals surface area contributed by atoms with E-state index in [4.69, 9.17) is 5.11 Å². The number of nitrogens with zero attached hydrogens (tertiary/aromatic N) is 1. The van der Waals surface area contributed by atoms with Crippen LogP contribution in [-0.2, 0) is 12.7 Å². The van der Waals surface area contributed by atoms with Crippen molar-refractivity contribution < 1.29 is 36.2 Å². The van der Waals surface area contributed by atoms with Crippen LogP contribution in [0.5, 0.6) is 0 Å². The second-order valence-electron chi connectivity index (χ2n) is 3.42. The van der Waals surface area contributed by atoms with Crippen molar-refractivity contribution >= 4 is 17.7 Å². The number of rotatable bonds is 4. The first-order valence-electron chi connectivity index (χ1n) is 4.71. The Hall–Kier alpha value is -1.32. The zero-order chi connectivity index (χ0) is 14.8. The monoisotopic (exact) mass is 307 g/mol. The predicted molar refractivity (Wildman–Crippen MR) is 54.9 cm³/mol. The van der Waals surface area contributed by atoms with Gasteiger partial charge >= 0.3 is 17.7 Å². The summed E-state index contributed by atoms with van der Waals surface area (Å²) in [5.41, 5.74) is -6.84. The molecule has 19 heavy (non-hydrogen) atoms. The molecular formula is C9H7F6NO2S. The summed E-state index contributed by atoms with van der Waals surface area (Å²) in [6.07, 6.45) is -3.71. The zero-order valence-electron chi connectivity index (χ0n) is 9.05. The lowest BCUT2D eigenvalue weighted by molar-refractivity contribution is -0.138.